The maximum absolute atomic E-state index is 5.19. The van der Waals surface area contributed by atoms with Crippen molar-refractivity contribution in [3.8, 4) is 0 Å². The fraction of sp³-hybridized carbons (Fsp3) is 0.556. The molecule has 1 fully saturated rings. The molecule has 1 radical (unpaired) electrons. The number of rotatable bonds is 1. The van der Waals surface area contributed by atoms with Crippen molar-refractivity contribution in [3.05, 3.63) is 24.2 Å². The minimum absolute atomic E-state index is 0.700. The van der Waals surface area contributed by atoms with Gasteiger partial charge in [-0.2, -0.15) is 0 Å². The third kappa shape index (κ3) is 0.962. The van der Waals surface area contributed by atoms with Crippen LogP contribution in [-0.2, 0) is 0 Å². The van der Waals surface area contributed by atoms with Crippen molar-refractivity contribution >= 4 is 0 Å². The highest BCUT2D eigenvalue weighted by Crippen LogP contribution is 2.33. The molecule has 0 N–H and O–H groups in total. The lowest BCUT2D eigenvalue weighted by Gasteiger charge is -2.01. The monoisotopic (exact) mass is 135 g/mol. The molecule has 0 unspecified atom stereocenters. The van der Waals surface area contributed by atoms with Gasteiger partial charge in [0, 0.05) is 5.92 Å². The highest BCUT2D eigenvalue weighted by Gasteiger charge is 2.18. The van der Waals surface area contributed by atoms with Gasteiger partial charge in [-0.05, 0) is 25.0 Å². The number of hydrogen-bond donors (Lipinski definition) is 0. The molecule has 53 valence electrons. The molecule has 1 heteroatoms. The zero-order valence-electron chi connectivity index (χ0n) is 5.97. The van der Waals surface area contributed by atoms with Crippen molar-refractivity contribution in [2.75, 3.05) is 0 Å². The second kappa shape index (κ2) is 2.49. The molecule has 0 saturated heterocycles. The summed E-state index contributed by atoms with van der Waals surface area (Å²) in [5.41, 5.74) is 0. The Morgan fingerprint density at radius 2 is 2.20 bits per heavy atom. The normalized spacial score (nSPS) is 20.0. The molecule has 0 aliphatic heterocycles. The summed E-state index contributed by atoms with van der Waals surface area (Å²) in [6, 6.07) is 3.89. The first-order valence-electron chi connectivity index (χ1n) is 3.92. The van der Waals surface area contributed by atoms with E-state index >= 15 is 0 Å². The Bertz CT molecular complexity index is 183. The average Bonchev–Trinajstić information content (AvgIpc) is 2.59. The molecule has 1 aromatic heterocycles. The Morgan fingerprint density at radius 3 is 2.80 bits per heavy atom. The Morgan fingerprint density at radius 1 is 1.40 bits per heavy atom. The van der Waals surface area contributed by atoms with E-state index in [0.717, 1.165) is 5.76 Å². The van der Waals surface area contributed by atoms with E-state index in [2.05, 4.69) is 6.26 Å². The van der Waals surface area contributed by atoms with Gasteiger partial charge in [-0.3, -0.25) is 0 Å². The first-order chi connectivity index (χ1) is 4.97. The first-order valence-corrected chi connectivity index (χ1v) is 3.92. The van der Waals surface area contributed by atoms with Gasteiger partial charge in [0.15, 0.2) is 6.26 Å². The van der Waals surface area contributed by atoms with Crippen molar-refractivity contribution < 1.29 is 4.42 Å². The Balaban J connectivity index is 2.12. The third-order valence-electron chi connectivity index (χ3n) is 2.25. The second-order valence-corrected chi connectivity index (χ2v) is 2.94. The summed E-state index contributed by atoms with van der Waals surface area (Å²) in [7, 11) is 0. The van der Waals surface area contributed by atoms with Gasteiger partial charge in [0.25, 0.3) is 0 Å². The molecule has 0 bridgehead atoms. The second-order valence-electron chi connectivity index (χ2n) is 2.94. The van der Waals surface area contributed by atoms with Crippen molar-refractivity contribution in [1.29, 1.82) is 0 Å². The highest BCUT2D eigenvalue weighted by atomic mass is 16.3. The van der Waals surface area contributed by atoms with Crippen LogP contribution in [0.4, 0.5) is 0 Å². The standard InChI is InChI=1S/C9H11O/c1-2-5-8(4-1)9-6-3-7-10-9/h3,6,8H,1-2,4-5H2. The van der Waals surface area contributed by atoms with E-state index in [-0.39, 0.29) is 0 Å². The van der Waals surface area contributed by atoms with Gasteiger partial charge in [-0.1, -0.05) is 12.8 Å². The van der Waals surface area contributed by atoms with Crippen molar-refractivity contribution in [3.63, 3.8) is 0 Å². The maximum Gasteiger partial charge on any atom is 0.169 e. The molecular formula is C9H11O. The van der Waals surface area contributed by atoms with Crippen LogP contribution >= 0.6 is 0 Å². The molecular weight excluding hydrogens is 124 g/mol. The van der Waals surface area contributed by atoms with Gasteiger partial charge >= 0.3 is 0 Å². The minimum atomic E-state index is 0.700. The maximum atomic E-state index is 5.19. The largest absolute Gasteiger partial charge is 0.458 e. The van der Waals surface area contributed by atoms with Gasteiger partial charge in [0.2, 0.25) is 0 Å². The van der Waals surface area contributed by atoms with Crippen LogP contribution in [0.15, 0.2) is 16.5 Å². The summed E-state index contributed by atoms with van der Waals surface area (Å²) in [6.45, 7) is 0. The lowest BCUT2D eigenvalue weighted by molar-refractivity contribution is 0.459. The van der Waals surface area contributed by atoms with Crippen LogP contribution in [0.1, 0.15) is 37.4 Å². The van der Waals surface area contributed by atoms with E-state index in [0.29, 0.717) is 5.92 Å². The molecule has 0 amide bonds. The van der Waals surface area contributed by atoms with Gasteiger partial charge in [-0.25, -0.2) is 0 Å². The van der Waals surface area contributed by atoms with E-state index in [1.54, 1.807) is 0 Å². The topological polar surface area (TPSA) is 13.1 Å². The summed E-state index contributed by atoms with van der Waals surface area (Å²) in [5.74, 6) is 1.84. The number of hydrogen-bond acceptors (Lipinski definition) is 1. The Kier molecular flexibility index (Phi) is 1.50. The Labute approximate surface area is 61.0 Å². The van der Waals surface area contributed by atoms with Crippen LogP contribution in [0.3, 0.4) is 0 Å². The fourth-order valence-electron chi connectivity index (χ4n) is 1.68. The predicted octanol–water partition coefficient (Wildman–Crippen LogP) is 2.74. The Hall–Kier alpha value is -0.720. The summed E-state index contributed by atoms with van der Waals surface area (Å²) in [5, 5.41) is 0. The van der Waals surface area contributed by atoms with E-state index in [1.807, 2.05) is 12.1 Å². The molecule has 1 aliphatic carbocycles. The van der Waals surface area contributed by atoms with E-state index in [1.165, 1.54) is 25.7 Å². The van der Waals surface area contributed by atoms with Gasteiger partial charge < -0.3 is 4.42 Å². The van der Waals surface area contributed by atoms with Crippen LogP contribution < -0.4 is 0 Å². The fourth-order valence-corrected chi connectivity index (χ4v) is 1.68. The molecule has 0 spiro atoms. The molecule has 0 aromatic carbocycles. The predicted molar refractivity (Wildman–Crippen MR) is 38.8 cm³/mol. The zero-order chi connectivity index (χ0) is 6.81. The van der Waals surface area contributed by atoms with Crippen LogP contribution in [-0.4, -0.2) is 0 Å². The SMILES string of the molecule is [c]1ccc(C2CCCC2)o1. The van der Waals surface area contributed by atoms with Gasteiger partial charge in [0.05, 0.1) is 0 Å². The molecule has 0 atom stereocenters. The summed E-state index contributed by atoms with van der Waals surface area (Å²) in [4.78, 5) is 0. The molecule has 1 aromatic rings. The van der Waals surface area contributed by atoms with Crippen LogP contribution in [0.2, 0.25) is 0 Å². The van der Waals surface area contributed by atoms with Crippen LogP contribution in [0.5, 0.6) is 0 Å². The summed E-state index contributed by atoms with van der Waals surface area (Å²) in [6.07, 6.45) is 8.08. The summed E-state index contributed by atoms with van der Waals surface area (Å²) >= 11 is 0. The molecule has 1 heterocycles. The first kappa shape index (κ1) is 6.02. The lowest BCUT2D eigenvalue weighted by Crippen LogP contribution is -1.87. The average molecular weight is 135 g/mol. The van der Waals surface area contributed by atoms with E-state index in [4.69, 9.17) is 4.42 Å². The minimum Gasteiger partial charge on any atom is -0.458 e. The summed E-state index contributed by atoms with van der Waals surface area (Å²) < 4.78 is 5.19. The van der Waals surface area contributed by atoms with Crippen molar-refractivity contribution in [2.45, 2.75) is 31.6 Å². The molecule has 2 rings (SSSR count). The quantitative estimate of drug-likeness (QED) is 0.577. The molecule has 1 aliphatic rings. The molecule has 1 saturated carbocycles. The van der Waals surface area contributed by atoms with Gasteiger partial charge in [-0.15, -0.1) is 0 Å². The van der Waals surface area contributed by atoms with E-state index < -0.39 is 0 Å². The zero-order valence-corrected chi connectivity index (χ0v) is 5.97. The van der Waals surface area contributed by atoms with Crippen molar-refractivity contribution in [2.24, 2.45) is 0 Å². The highest BCUT2D eigenvalue weighted by molar-refractivity contribution is 5.05. The number of furan rings is 1. The van der Waals surface area contributed by atoms with E-state index in [9.17, 15) is 0 Å². The van der Waals surface area contributed by atoms with Crippen LogP contribution in [0.25, 0.3) is 0 Å². The molecule has 1 nitrogen and oxygen atoms in total. The van der Waals surface area contributed by atoms with Crippen molar-refractivity contribution in [1.82, 2.24) is 0 Å². The lowest BCUT2D eigenvalue weighted by atomic mass is 10.1. The van der Waals surface area contributed by atoms with Crippen LogP contribution in [0, 0.1) is 6.26 Å². The van der Waals surface area contributed by atoms with Gasteiger partial charge in [0.1, 0.15) is 5.76 Å². The third-order valence-corrected chi connectivity index (χ3v) is 2.25. The molecule has 10 heavy (non-hydrogen) atoms. The smallest absolute Gasteiger partial charge is 0.169 e.